The molecule has 0 fully saturated rings. The van der Waals surface area contributed by atoms with E-state index in [1.807, 2.05) is 12.1 Å². The van der Waals surface area contributed by atoms with Crippen LogP contribution in [0.25, 0.3) is 71.7 Å². The van der Waals surface area contributed by atoms with Crippen molar-refractivity contribution in [1.29, 1.82) is 0 Å². The summed E-state index contributed by atoms with van der Waals surface area (Å²) in [6.45, 7) is 0. The highest BCUT2D eigenvalue weighted by molar-refractivity contribution is 6.17. The minimum atomic E-state index is 0.872. The van der Waals surface area contributed by atoms with Crippen LogP contribution < -0.4 is 4.90 Å². The third-order valence-corrected chi connectivity index (χ3v) is 9.99. The molecule has 0 atom stereocenters. The van der Waals surface area contributed by atoms with Crippen molar-refractivity contribution in [2.45, 2.75) is 0 Å². The van der Waals surface area contributed by atoms with Crippen molar-refractivity contribution < 1.29 is 4.42 Å². The molecule has 0 saturated carbocycles. The van der Waals surface area contributed by atoms with Crippen molar-refractivity contribution in [1.82, 2.24) is 4.57 Å². The second-order valence-corrected chi connectivity index (χ2v) is 12.9. The Hall–Kier alpha value is -6.84. The topological polar surface area (TPSA) is 21.3 Å². The van der Waals surface area contributed by atoms with Gasteiger partial charge in [0.2, 0.25) is 0 Å². The summed E-state index contributed by atoms with van der Waals surface area (Å²) in [4.78, 5) is 2.36. The van der Waals surface area contributed by atoms with Crippen molar-refractivity contribution in [3.8, 4) is 27.9 Å². The summed E-state index contributed by atoms with van der Waals surface area (Å²) in [7, 11) is 0. The minimum Gasteiger partial charge on any atom is -0.456 e. The van der Waals surface area contributed by atoms with Gasteiger partial charge in [-0.15, -0.1) is 0 Å². The van der Waals surface area contributed by atoms with E-state index in [2.05, 4.69) is 191 Å². The molecule has 0 saturated heterocycles. The summed E-state index contributed by atoms with van der Waals surface area (Å²) in [5.74, 6) is 0. The summed E-state index contributed by atoms with van der Waals surface area (Å²) < 4.78 is 8.77. The smallest absolute Gasteiger partial charge is 0.137 e. The van der Waals surface area contributed by atoms with Gasteiger partial charge in [-0.25, -0.2) is 0 Å². The second kappa shape index (κ2) is 11.9. The highest BCUT2D eigenvalue weighted by Gasteiger charge is 2.22. The van der Waals surface area contributed by atoms with Crippen molar-refractivity contribution >= 4 is 60.8 Å². The van der Waals surface area contributed by atoms with Crippen LogP contribution in [-0.2, 0) is 0 Å². The molecule has 240 valence electrons. The van der Waals surface area contributed by atoms with E-state index in [0.717, 1.165) is 50.2 Å². The first-order chi connectivity index (χ1) is 25.3. The molecule has 0 radical (unpaired) electrons. The number of rotatable bonds is 6. The quantitative estimate of drug-likeness (QED) is 0.178. The molecule has 0 aliphatic rings. The highest BCUT2D eigenvalue weighted by atomic mass is 16.3. The summed E-state index contributed by atoms with van der Waals surface area (Å²) in [6.07, 6.45) is 0. The van der Waals surface area contributed by atoms with E-state index >= 15 is 0 Å². The number of hydrogen-bond donors (Lipinski definition) is 0. The summed E-state index contributed by atoms with van der Waals surface area (Å²) in [5, 5.41) is 4.65. The lowest BCUT2D eigenvalue weighted by Crippen LogP contribution is -2.10. The Kier molecular flexibility index (Phi) is 6.81. The van der Waals surface area contributed by atoms with E-state index in [-0.39, 0.29) is 0 Å². The Labute approximate surface area is 295 Å². The first-order valence-electron chi connectivity index (χ1n) is 17.4. The maximum atomic E-state index is 6.36. The zero-order chi connectivity index (χ0) is 33.7. The van der Waals surface area contributed by atoms with Crippen molar-refractivity contribution in [2.24, 2.45) is 0 Å². The second-order valence-electron chi connectivity index (χ2n) is 12.9. The molecule has 8 aromatic carbocycles. The van der Waals surface area contributed by atoms with Crippen LogP contribution in [0.15, 0.2) is 199 Å². The van der Waals surface area contributed by atoms with Gasteiger partial charge in [0.05, 0.1) is 22.1 Å². The van der Waals surface area contributed by atoms with Gasteiger partial charge in [-0.05, 0) is 82.9 Å². The molecule has 51 heavy (non-hydrogen) atoms. The van der Waals surface area contributed by atoms with Crippen LogP contribution in [0.2, 0.25) is 0 Å². The van der Waals surface area contributed by atoms with Gasteiger partial charge in [0.25, 0.3) is 0 Å². The zero-order valence-electron chi connectivity index (χ0n) is 27.8. The van der Waals surface area contributed by atoms with Gasteiger partial charge in [-0.3, -0.25) is 0 Å². The van der Waals surface area contributed by atoms with E-state index < -0.39 is 0 Å². The lowest BCUT2D eigenvalue weighted by atomic mass is 9.97. The van der Waals surface area contributed by atoms with Gasteiger partial charge in [0.15, 0.2) is 0 Å². The largest absolute Gasteiger partial charge is 0.456 e. The standard InChI is InChI=1S/C48H32N2O/c1-4-14-33(15-5-1)34-26-28-35(29-27-34)39-21-12-22-42-47(39)40-31-30-38(32-44(40)50(42)37-18-8-3-9-19-37)49(36-16-6-2-7-17-36)43-23-13-25-46-48(43)41-20-10-11-24-45(41)51-46/h1-32H. The summed E-state index contributed by atoms with van der Waals surface area (Å²) >= 11 is 0. The predicted octanol–water partition coefficient (Wildman–Crippen LogP) is 13.5. The van der Waals surface area contributed by atoms with Crippen molar-refractivity contribution in [2.75, 3.05) is 4.90 Å². The van der Waals surface area contributed by atoms with E-state index in [4.69, 9.17) is 4.42 Å². The number of anilines is 3. The van der Waals surface area contributed by atoms with Crippen molar-refractivity contribution in [3.63, 3.8) is 0 Å². The summed E-state index contributed by atoms with van der Waals surface area (Å²) in [5.41, 5.74) is 13.3. The molecule has 0 bridgehead atoms. The van der Waals surface area contributed by atoms with Crippen LogP contribution in [0.5, 0.6) is 0 Å². The fourth-order valence-corrected chi connectivity index (χ4v) is 7.71. The number of hydrogen-bond acceptors (Lipinski definition) is 2. The van der Waals surface area contributed by atoms with Gasteiger partial charge in [0, 0.05) is 33.2 Å². The van der Waals surface area contributed by atoms with Gasteiger partial charge < -0.3 is 13.9 Å². The van der Waals surface area contributed by atoms with Crippen LogP contribution in [0, 0.1) is 0 Å². The first-order valence-corrected chi connectivity index (χ1v) is 17.4. The molecule has 2 heterocycles. The van der Waals surface area contributed by atoms with E-state index in [1.165, 1.54) is 38.5 Å². The monoisotopic (exact) mass is 652 g/mol. The maximum Gasteiger partial charge on any atom is 0.137 e. The third kappa shape index (κ3) is 4.82. The fraction of sp³-hybridized carbons (Fsp3) is 0. The normalized spacial score (nSPS) is 11.5. The lowest BCUT2D eigenvalue weighted by molar-refractivity contribution is 0.669. The number of aromatic nitrogens is 1. The van der Waals surface area contributed by atoms with Crippen LogP contribution in [0.1, 0.15) is 0 Å². The van der Waals surface area contributed by atoms with E-state index in [9.17, 15) is 0 Å². The number of para-hydroxylation sites is 3. The molecule has 0 unspecified atom stereocenters. The Bertz CT molecular complexity index is 2830. The molecule has 0 amide bonds. The summed E-state index contributed by atoms with van der Waals surface area (Å²) in [6, 6.07) is 69.1. The number of fused-ring (bicyclic) bond motifs is 6. The van der Waals surface area contributed by atoms with Crippen LogP contribution in [0.4, 0.5) is 17.1 Å². The minimum absolute atomic E-state index is 0.872. The van der Waals surface area contributed by atoms with Crippen LogP contribution in [-0.4, -0.2) is 4.57 Å². The average molecular weight is 653 g/mol. The third-order valence-electron chi connectivity index (χ3n) is 9.99. The Morgan fingerprint density at radius 2 is 1.04 bits per heavy atom. The number of nitrogens with zero attached hydrogens (tertiary/aromatic N) is 2. The first kappa shape index (κ1) is 29.1. The molecule has 0 aliphatic carbocycles. The SMILES string of the molecule is c1ccc(-c2ccc(-c3cccc4c3c3ccc(N(c5ccccc5)c5cccc6oc7ccccc7c56)cc3n4-c3ccccc3)cc2)cc1. The molecule has 10 rings (SSSR count). The zero-order valence-corrected chi connectivity index (χ0v) is 27.8. The molecular formula is C48H32N2O. The highest BCUT2D eigenvalue weighted by Crippen LogP contribution is 2.45. The van der Waals surface area contributed by atoms with Gasteiger partial charge in [-0.2, -0.15) is 0 Å². The lowest BCUT2D eigenvalue weighted by Gasteiger charge is -2.26. The average Bonchev–Trinajstić information content (AvgIpc) is 3.75. The van der Waals surface area contributed by atoms with E-state index in [0.29, 0.717) is 0 Å². The van der Waals surface area contributed by atoms with Gasteiger partial charge in [0.1, 0.15) is 11.2 Å². The maximum absolute atomic E-state index is 6.36. The van der Waals surface area contributed by atoms with Gasteiger partial charge in [-0.1, -0.05) is 133 Å². The van der Waals surface area contributed by atoms with Crippen LogP contribution >= 0.6 is 0 Å². The molecule has 2 aromatic heterocycles. The van der Waals surface area contributed by atoms with Gasteiger partial charge >= 0.3 is 0 Å². The van der Waals surface area contributed by atoms with Crippen molar-refractivity contribution in [3.05, 3.63) is 194 Å². The molecule has 0 N–H and O–H groups in total. The molecular weight excluding hydrogens is 621 g/mol. The predicted molar refractivity (Wildman–Crippen MR) is 214 cm³/mol. The van der Waals surface area contributed by atoms with Crippen LogP contribution in [0.3, 0.4) is 0 Å². The molecule has 0 aliphatic heterocycles. The Morgan fingerprint density at radius 1 is 0.392 bits per heavy atom. The van der Waals surface area contributed by atoms with E-state index in [1.54, 1.807) is 0 Å². The molecule has 3 nitrogen and oxygen atoms in total. The molecule has 0 spiro atoms. The fourth-order valence-electron chi connectivity index (χ4n) is 7.71. The number of furan rings is 1. The molecule has 3 heteroatoms. The molecule has 10 aromatic rings. The Morgan fingerprint density at radius 3 is 1.84 bits per heavy atom. The Balaban J connectivity index is 1.22. The number of benzene rings is 8.